The predicted molar refractivity (Wildman–Crippen MR) is 110 cm³/mol. The lowest BCUT2D eigenvalue weighted by atomic mass is 10.1. The lowest BCUT2D eigenvalue weighted by Gasteiger charge is -2.10. The third-order valence-corrected chi connectivity index (χ3v) is 5.69. The van der Waals surface area contributed by atoms with Gasteiger partial charge in [-0.2, -0.15) is 0 Å². The van der Waals surface area contributed by atoms with Crippen LogP contribution in [-0.4, -0.2) is 13.4 Å². The molecule has 6 heteroatoms. The van der Waals surface area contributed by atoms with Crippen LogP contribution in [0.1, 0.15) is 25.0 Å². The summed E-state index contributed by atoms with van der Waals surface area (Å²) in [5, 5.41) is 3.20. The summed E-state index contributed by atoms with van der Waals surface area (Å²) in [5.74, 6) is 0.648. The van der Waals surface area contributed by atoms with Crippen LogP contribution in [0, 0.1) is 0 Å². The molecule has 0 spiro atoms. The van der Waals surface area contributed by atoms with E-state index in [0.717, 1.165) is 24.1 Å². The van der Waals surface area contributed by atoms with Crippen molar-refractivity contribution in [2.45, 2.75) is 31.6 Å². The van der Waals surface area contributed by atoms with Crippen molar-refractivity contribution < 1.29 is 8.42 Å². The molecular formula is C21H23N3O2S. The Morgan fingerprint density at radius 1 is 0.778 bits per heavy atom. The van der Waals surface area contributed by atoms with Gasteiger partial charge in [0.25, 0.3) is 10.0 Å². The first kappa shape index (κ1) is 18.9. The van der Waals surface area contributed by atoms with Gasteiger partial charge in [0.15, 0.2) is 0 Å². The fourth-order valence-corrected chi connectivity index (χ4v) is 3.66. The molecule has 0 fully saturated rings. The zero-order valence-corrected chi connectivity index (χ0v) is 16.3. The molecule has 0 amide bonds. The van der Waals surface area contributed by atoms with Gasteiger partial charge in [-0.05, 0) is 60.4 Å². The SMILES string of the molecule is CCc1ccc(Nc2ccc(NS(=O)(=O)c3ccc(CC)cc3)cn2)cc1. The largest absolute Gasteiger partial charge is 0.340 e. The Kier molecular flexibility index (Phi) is 5.76. The number of rotatable bonds is 7. The summed E-state index contributed by atoms with van der Waals surface area (Å²) in [6.45, 7) is 4.14. The van der Waals surface area contributed by atoms with Crippen molar-refractivity contribution in [1.82, 2.24) is 4.98 Å². The maximum Gasteiger partial charge on any atom is 0.261 e. The highest BCUT2D eigenvalue weighted by molar-refractivity contribution is 7.92. The van der Waals surface area contributed by atoms with E-state index in [-0.39, 0.29) is 4.90 Å². The van der Waals surface area contributed by atoms with E-state index in [1.807, 2.05) is 31.2 Å². The predicted octanol–water partition coefficient (Wildman–Crippen LogP) is 4.75. The van der Waals surface area contributed by atoms with E-state index in [9.17, 15) is 8.42 Å². The van der Waals surface area contributed by atoms with Crippen molar-refractivity contribution in [3.8, 4) is 0 Å². The molecule has 0 unspecified atom stereocenters. The zero-order chi connectivity index (χ0) is 19.3. The summed E-state index contributed by atoms with van der Waals surface area (Å²) in [6.07, 6.45) is 3.36. The van der Waals surface area contributed by atoms with E-state index in [4.69, 9.17) is 0 Å². The third-order valence-electron chi connectivity index (χ3n) is 4.29. The maximum atomic E-state index is 12.5. The van der Waals surface area contributed by atoms with Gasteiger partial charge in [-0.1, -0.05) is 38.1 Å². The molecule has 0 aliphatic rings. The molecule has 140 valence electrons. The summed E-state index contributed by atoms with van der Waals surface area (Å²) in [7, 11) is -3.63. The lowest BCUT2D eigenvalue weighted by Crippen LogP contribution is -2.13. The lowest BCUT2D eigenvalue weighted by molar-refractivity contribution is 0.601. The second-order valence-electron chi connectivity index (χ2n) is 6.21. The normalized spacial score (nSPS) is 11.2. The van der Waals surface area contributed by atoms with E-state index in [1.165, 1.54) is 11.8 Å². The molecule has 2 aromatic carbocycles. The third kappa shape index (κ3) is 4.86. The summed E-state index contributed by atoms with van der Waals surface area (Å²) in [5.41, 5.74) is 3.72. The van der Waals surface area contributed by atoms with Crippen LogP contribution in [0.25, 0.3) is 0 Å². The zero-order valence-electron chi connectivity index (χ0n) is 15.4. The maximum absolute atomic E-state index is 12.5. The van der Waals surface area contributed by atoms with Crippen LogP contribution in [0.3, 0.4) is 0 Å². The van der Waals surface area contributed by atoms with Crippen molar-refractivity contribution >= 4 is 27.2 Å². The molecule has 0 aliphatic carbocycles. The fraction of sp³-hybridized carbons (Fsp3) is 0.190. The highest BCUT2D eigenvalue weighted by Gasteiger charge is 2.14. The summed E-state index contributed by atoms with van der Waals surface area (Å²) >= 11 is 0. The Balaban J connectivity index is 1.68. The van der Waals surface area contributed by atoms with Gasteiger partial charge in [-0.25, -0.2) is 13.4 Å². The van der Waals surface area contributed by atoms with Gasteiger partial charge in [-0.15, -0.1) is 0 Å². The van der Waals surface area contributed by atoms with Crippen LogP contribution in [0.5, 0.6) is 0 Å². The number of aryl methyl sites for hydroxylation is 2. The van der Waals surface area contributed by atoms with Crippen molar-refractivity contribution in [2.75, 3.05) is 10.0 Å². The second kappa shape index (κ2) is 8.22. The van der Waals surface area contributed by atoms with Gasteiger partial charge >= 0.3 is 0 Å². The van der Waals surface area contributed by atoms with E-state index < -0.39 is 10.0 Å². The smallest absolute Gasteiger partial charge is 0.261 e. The second-order valence-corrected chi connectivity index (χ2v) is 7.89. The van der Waals surface area contributed by atoms with E-state index in [2.05, 4.69) is 34.1 Å². The van der Waals surface area contributed by atoms with Crippen molar-refractivity contribution in [3.05, 3.63) is 78.0 Å². The van der Waals surface area contributed by atoms with Crippen molar-refractivity contribution in [1.29, 1.82) is 0 Å². The minimum atomic E-state index is -3.63. The monoisotopic (exact) mass is 381 g/mol. The molecule has 3 aromatic rings. The number of aromatic nitrogens is 1. The fourth-order valence-electron chi connectivity index (χ4n) is 2.62. The molecule has 0 aliphatic heterocycles. The van der Waals surface area contributed by atoms with Gasteiger partial charge in [0.2, 0.25) is 0 Å². The molecule has 0 atom stereocenters. The van der Waals surface area contributed by atoms with Crippen LogP contribution < -0.4 is 10.0 Å². The molecule has 2 N–H and O–H groups in total. The number of nitrogens with zero attached hydrogens (tertiary/aromatic N) is 1. The average Bonchev–Trinajstić information content (AvgIpc) is 2.70. The molecule has 5 nitrogen and oxygen atoms in total. The van der Waals surface area contributed by atoms with Gasteiger partial charge in [-0.3, -0.25) is 4.72 Å². The minimum Gasteiger partial charge on any atom is -0.340 e. The molecule has 1 aromatic heterocycles. The van der Waals surface area contributed by atoms with E-state index in [0.29, 0.717) is 11.5 Å². The number of anilines is 3. The quantitative estimate of drug-likeness (QED) is 0.619. The van der Waals surface area contributed by atoms with Crippen LogP contribution in [0.15, 0.2) is 71.8 Å². The number of nitrogens with one attached hydrogen (secondary N) is 2. The van der Waals surface area contributed by atoms with Crippen LogP contribution in [-0.2, 0) is 22.9 Å². The molecule has 0 saturated heterocycles. The Hall–Kier alpha value is -2.86. The number of hydrogen-bond acceptors (Lipinski definition) is 4. The Bertz CT molecular complexity index is 981. The van der Waals surface area contributed by atoms with Crippen LogP contribution in [0.2, 0.25) is 0 Å². The first-order valence-electron chi connectivity index (χ1n) is 8.94. The summed E-state index contributed by atoms with van der Waals surface area (Å²) in [4.78, 5) is 4.52. The van der Waals surface area contributed by atoms with Crippen LogP contribution in [0.4, 0.5) is 17.2 Å². The van der Waals surface area contributed by atoms with Crippen molar-refractivity contribution in [3.63, 3.8) is 0 Å². The number of pyridine rings is 1. The van der Waals surface area contributed by atoms with Crippen molar-refractivity contribution in [2.24, 2.45) is 0 Å². The Labute approximate surface area is 160 Å². The summed E-state index contributed by atoms with van der Waals surface area (Å²) in [6, 6.07) is 18.4. The molecule has 0 saturated carbocycles. The Morgan fingerprint density at radius 3 is 1.85 bits per heavy atom. The first-order valence-corrected chi connectivity index (χ1v) is 10.4. The highest BCUT2D eigenvalue weighted by Crippen LogP contribution is 2.20. The Morgan fingerprint density at radius 2 is 1.33 bits per heavy atom. The molecule has 3 rings (SSSR count). The minimum absolute atomic E-state index is 0.234. The van der Waals surface area contributed by atoms with Gasteiger partial charge < -0.3 is 5.32 Å². The van der Waals surface area contributed by atoms with Crippen LogP contribution >= 0.6 is 0 Å². The van der Waals surface area contributed by atoms with E-state index in [1.54, 1.807) is 24.3 Å². The topological polar surface area (TPSA) is 71.1 Å². The summed E-state index contributed by atoms with van der Waals surface area (Å²) < 4.78 is 27.5. The molecule has 0 radical (unpaired) electrons. The highest BCUT2D eigenvalue weighted by atomic mass is 32.2. The molecule has 27 heavy (non-hydrogen) atoms. The standard InChI is InChI=1S/C21H23N3O2S/c1-3-16-5-9-18(10-6-16)23-21-14-11-19(15-22-21)24-27(25,26)20-12-7-17(4-2)8-13-20/h5-15,24H,3-4H2,1-2H3,(H,22,23). The molecule has 1 heterocycles. The first-order chi connectivity index (χ1) is 13.0. The number of benzene rings is 2. The van der Waals surface area contributed by atoms with Gasteiger partial charge in [0, 0.05) is 5.69 Å². The average molecular weight is 382 g/mol. The number of sulfonamides is 1. The van der Waals surface area contributed by atoms with E-state index >= 15 is 0 Å². The number of hydrogen-bond donors (Lipinski definition) is 2. The molecule has 0 bridgehead atoms. The van der Waals surface area contributed by atoms with Gasteiger partial charge in [0.1, 0.15) is 5.82 Å². The van der Waals surface area contributed by atoms with Gasteiger partial charge in [0.05, 0.1) is 16.8 Å². The molecular weight excluding hydrogens is 358 g/mol.